The van der Waals surface area contributed by atoms with Crippen molar-refractivity contribution in [2.24, 2.45) is 0 Å². The largest absolute Gasteiger partial charge is 0.493 e. The number of amides is 2. The van der Waals surface area contributed by atoms with Gasteiger partial charge in [0.15, 0.2) is 16.6 Å². The highest BCUT2D eigenvalue weighted by Crippen LogP contribution is 2.28. The molecule has 2 amide bonds. The molecule has 1 heterocycles. The number of carbonyl (C=O) groups is 2. The summed E-state index contributed by atoms with van der Waals surface area (Å²) < 4.78 is 11.3. The van der Waals surface area contributed by atoms with E-state index in [4.69, 9.17) is 9.47 Å². The van der Waals surface area contributed by atoms with E-state index in [-0.39, 0.29) is 18.2 Å². The van der Waals surface area contributed by atoms with Gasteiger partial charge in [-0.3, -0.25) is 14.9 Å². The maximum Gasteiger partial charge on any atom is 0.257 e. The second-order valence-electron chi connectivity index (χ2n) is 5.90. The van der Waals surface area contributed by atoms with Gasteiger partial charge in [0, 0.05) is 21.1 Å². The molecule has 0 radical (unpaired) electrons. The molecule has 0 fully saturated rings. The van der Waals surface area contributed by atoms with E-state index in [9.17, 15) is 9.59 Å². The molecule has 3 aromatic rings. The highest BCUT2D eigenvalue weighted by atomic mass is 79.9. The first-order valence-electron chi connectivity index (χ1n) is 8.51. The average Bonchev–Trinajstić information content (AvgIpc) is 3.15. The predicted octanol–water partition coefficient (Wildman–Crippen LogP) is 4.36. The van der Waals surface area contributed by atoms with Crippen LogP contribution in [-0.4, -0.2) is 31.0 Å². The summed E-state index contributed by atoms with van der Waals surface area (Å²) in [6, 6.07) is 12.2. The number of hydrogen-bond acceptors (Lipinski definition) is 6. The van der Waals surface area contributed by atoms with Crippen molar-refractivity contribution in [1.82, 2.24) is 4.98 Å². The molecule has 150 valence electrons. The molecule has 1 aromatic heterocycles. The number of methoxy groups -OCH3 is 2. The minimum Gasteiger partial charge on any atom is -0.493 e. The zero-order chi connectivity index (χ0) is 20.8. The molecule has 7 nitrogen and oxygen atoms in total. The van der Waals surface area contributed by atoms with Crippen LogP contribution in [0.15, 0.2) is 52.3 Å². The molecule has 0 bridgehead atoms. The van der Waals surface area contributed by atoms with Crippen molar-refractivity contribution in [2.45, 2.75) is 6.42 Å². The fourth-order valence-electron chi connectivity index (χ4n) is 2.50. The second-order valence-corrected chi connectivity index (χ2v) is 7.67. The number of ether oxygens (including phenoxy) is 2. The number of anilines is 2. The van der Waals surface area contributed by atoms with Crippen molar-refractivity contribution in [2.75, 3.05) is 24.9 Å². The molecule has 29 heavy (non-hydrogen) atoms. The van der Waals surface area contributed by atoms with E-state index in [1.54, 1.807) is 35.7 Å². The van der Waals surface area contributed by atoms with Crippen LogP contribution in [0.5, 0.6) is 11.5 Å². The third-order valence-corrected chi connectivity index (χ3v) is 5.22. The molecule has 2 N–H and O–H groups in total. The summed E-state index contributed by atoms with van der Waals surface area (Å²) in [6.07, 6.45) is 0.110. The fourth-order valence-corrected chi connectivity index (χ4v) is 3.46. The molecule has 0 aliphatic carbocycles. The van der Waals surface area contributed by atoms with Gasteiger partial charge in [-0.15, -0.1) is 11.3 Å². The molecule has 0 aliphatic heterocycles. The van der Waals surface area contributed by atoms with Gasteiger partial charge in [-0.1, -0.05) is 15.9 Å². The quantitative estimate of drug-likeness (QED) is 0.529. The Bertz CT molecular complexity index is 1020. The molecule has 9 heteroatoms. The van der Waals surface area contributed by atoms with E-state index in [0.29, 0.717) is 33.6 Å². The monoisotopic (exact) mass is 475 g/mol. The second kappa shape index (κ2) is 9.53. The van der Waals surface area contributed by atoms with E-state index in [1.807, 2.05) is 12.1 Å². The standard InChI is InChI=1S/C20H18BrN3O4S/c1-27-16-8-3-12(9-17(16)28-2)19(26)24-20-23-15(11-29-20)10-18(25)22-14-6-4-13(21)5-7-14/h3-9,11H,10H2,1-2H3,(H,22,25)(H,23,24,26). The summed E-state index contributed by atoms with van der Waals surface area (Å²) in [5.74, 6) is 0.489. The first-order valence-corrected chi connectivity index (χ1v) is 10.2. The Morgan fingerprint density at radius 3 is 2.45 bits per heavy atom. The Hall–Kier alpha value is -2.91. The number of benzene rings is 2. The Morgan fingerprint density at radius 1 is 1.03 bits per heavy atom. The van der Waals surface area contributed by atoms with Gasteiger partial charge >= 0.3 is 0 Å². The number of nitrogens with one attached hydrogen (secondary N) is 2. The number of rotatable bonds is 7. The van der Waals surface area contributed by atoms with Gasteiger partial charge in [-0.25, -0.2) is 4.98 Å². The fraction of sp³-hybridized carbons (Fsp3) is 0.150. The highest BCUT2D eigenvalue weighted by molar-refractivity contribution is 9.10. The van der Waals surface area contributed by atoms with Crippen LogP contribution in [-0.2, 0) is 11.2 Å². The lowest BCUT2D eigenvalue weighted by atomic mass is 10.2. The number of hydrogen-bond donors (Lipinski definition) is 2. The van der Waals surface area contributed by atoms with E-state index in [2.05, 4.69) is 31.5 Å². The molecule has 2 aromatic carbocycles. The summed E-state index contributed by atoms with van der Waals surface area (Å²) in [7, 11) is 3.04. The Kier molecular flexibility index (Phi) is 6.84. The van der Waals surface area contributed by atoms with Crippen LogP contribution in [0.2, 0.25) is 0 Å². The number of thiazole rings is 1. The molecule has 0 aliphatic rings. The van der Waals surface area contributed by atoms with Crippen LogP contribution in [0.3, 0.4) is 0 Å². The Labute approximate surface area is 180 Å². The summed E-state index contributed by atoms with van der Waals surface area (Å²) >= 11 is 4.61. The zero-order valence-corrected chi connectivity index (χ0v) is 18.1. The molecule has 0 saturated carbocycles. The van der Waals surface area contributed by atoms with Crippen molar-refractivity contribution in [1.29, 1.82) is 0 Å². The molecule has 3 rings (SSSR count). The zero-order valence-electron chi connectivity index (χ0n) is 15.7. The van der Waals surface area contributed by atoms with Gasteiger partial charge in [-0.05, 0) is 42.5 Å². The Morgan fingerprint density at radius 2 is 1.76 bits per heavy atom. The SMILES string of the molecule is COc1ccc(C(=O)Nc2nc(CC(=O)Nc3ccc(Br)cc3)cs2)cc1OC. The highest BCUT2D eigenvalue weighted by Gasteiger charge is 2.14. The van der Waals surface area contributed by atoms with E-state index >= 15 is 0 Å². The van der Waals surface area contributed by atoms with Crippen LogP contribution in [0.4, 0.5) is 10.8 Å². The van der Waals surface area contributed by atoms with Crippen LogP contribution in [0.1, 0.15) is 16.1 Å². The molecule has 0 saturated heterocycles. The predicted molar refractivity (Wildman–Crippen MR) is 116 cm³/mol. The van der Waals surface area contributed by atoms with Crippen LogP contribution in [0, 0.1) is 0 Å². The van der Waals surface area contributed by atoms with Gasteiger partial charge in [0.1, 0.15) is 0 Å². The van der Waals surface area contributed by atoms with Gasteiger partial charge < -0.3 is 14.8 Å². The van der Waals surface area contributed by atoms with Gasteiger partial charge in [0.25, 0.3) is 5.91 Å². The summed E-state index contributed by atoms with van der Waals surface area (Å²) in [5.41, 5.74) is 1.69. The third kappa shape index (κ3) is 5.55. The third-order valence-electron chi connectivity index (χ3n) is 3.89. The van der Waals surface area contributed by atoms with Gasteiger partial charge in [-0.2, -0.15) is 0 Å². The number of nitrogens with zero attached hydrogens (tertiary/aromatic N) is 1. The van der Waals surface area contributed by atoms with E-state index in [1.165, 1.54) is 25.6 Å². The number of halogens is 1. The number of carbonyl (C=O) groups excluding carboxylic acids is 2. The lowest BCUT2D eigenvalue weighted by Gasteiger charge is -2.09. The Balaban J connectivity index is 1.60. The van der Waals surface area contributed by atoms with Crippen LogP contribution >= 0.6 is 27.3 Å². The van der Waals surface area contributed by atoms with Crippen molar-refractivity contribution < 1.29 is 19.1 Å². The minimum absolute atomic E-state index is 0.110. The van der Waals surface area contributed by atoms with Crippen molar-refractivity contribution >= 4 is 49.9 Å². The topological polar surface area (TPSA) is 89.5 Å². The molecular formula is C20H18BrN3O4S. The van der Waals surface area contributed by atoms with Crippen LogP contribution in [0.25, 0.3) is 0 Å². The minimum atomic E-state index is -0.328. The van der Waals surface area contributed by atoms with Gasteiger partial charge in [0.2, 0.25) is 5.91 Å². The first kappa shape index (κ1) is 20.8. The van der Waals surface area contributed by atoms with E-state index in [0.717, 1.165) is 4.47 Å². The van der Waals surface area contributed by atoms with E-state index < -0.39 is 0 Å². The normalized spacial score (nSPS) is 10.3. The van der Waals surface area contributed by atoms with Crippen molar-refractivity contribution in [3.05, 3.63) is 63.6 Å². The molecule has 0 atom stereocenters. The molecule has 0 spiro atoms. The lowest BCUT2D eigenvalue weighted by molar-refractivity contribution is -0.115. The van der Waals surface area contributed by atoms with Crippen molar-refractivity contribution in [3.63, 3.8) is 0 Å². The summed E-state index contributed by atoms with van der Waals surface area (Å²) in [6.45, 7) is 0. The summed E-state index contributed by atoms with van der Waals surface area (Å²) in [5, 5.41) is 7.70. The lowest BCUT2D eigenvalue weighted by Crippen LogP contribution is -2.15. The smallest absolute Gasteiger partial charge is 0.257 e. The average molecular weight is 476 g/mol. The van der Waals surface area contributed by atoms with Gasteiger partial charge in [0.05, 0.1) is 26.3 Å². The molecular weight excluding hydrogens is 458 g/mol. The maximum absolute atomic E-state index is 12.5. The van der Waals surface area contributed by atoms with Crippen molar-refractivity contribution in [3.8, 4) is 11.5 Å². The van der Waals surface area contributed by atoms with Crippen LogP contribution < -0.4 is 20.1 Å². The maximum atomic E-state index is 12.5. The molecule has 0 unspecified atom stereocenters. The summed E-state index contributed by atoms with van der Waals surface area (Å²) in [4.78, 5) is 28.9. The first-order chi connectivity index (χ1) is 14.0. The number of aromatic nitrogens is 1.